The van der Waals surface area contributed by atoms with Gasteiger partial charge in [-0.05, 0) is 60.9 Å². The lowest BCUT2D eigenvalue weighted by atomic mass is 10.0. The molecular formula is C30H30N4O5. The lowest BCUT2D eigenvalue weighted by molar-refractivity contribution is -0.139. The highest BCUT2D eigenvalue weighted by Crippen LogP contribution is 2.35. The molecule has 0 aliphatic heterocycles. The van der Waals surface area contributed by atoms with Crippen LogP contribution < -0.4 is 5.32 Å². The maximum absolute atomic E-state index is 13.2. The van der Waals surface area contributed by atoms with Crippen LogP contribution in [0.5, 0.6) is 5.75 Å². The summed E-state index contributed by atoms with van der Waals surface area (Å²) in [6, 6.07) is 11.3. The Morgan fingerprint density at radius 3 is 2.67 bits per heavy atom. The zero-order valence-electron chi connectivity index (χ0n) is 21.4. The Morgan fingerprint density at radius 1 is 1.10 bits per heavy atom. The van der Waals surface area contributed by atoms with E-state index in [1.807, 2.05) is 12.1 Å². The van der Waals surface area contributed by atoms with Gasteiger partial charge in [-0.15, -0.1) is 0 Å². The Balaban J connectivity index is 1.30. The van der Waals surface area contributed by atoms with Gasteiger partial charge in [0.15, 0.2) is 0 Å². The molecule has 6 rings (SSSR count). The summed E-state index contributed by atoms with van der Waals surface area (Å²) in [7, 11) is 0. The average Bonchev–Trinajstić information content (AvgIpc) is 3.63. The zero-order chi connectivity index (χ0) is 26.9. The van der Waals surface area contributed by atoms with E-state index in [-0.39, 0.29) is 12.2 Å². The third-order valence-electron chi connectivity index (χ3n) is 7.70. The Bertz CT molecular complexity index is 1640. The molecule has 4 N–H and O–H groups in total. The van der Waals surface area contributed by atoms with Crippen molar-refractivity contribution in [3.8, 4) is 17.1 Å². The fourth-order valence-corrected chi connectivity index (χ4v) is 5.72. The van der Waals surface area contributed by atoms with E-state index in [1.54, 1.807) is 49.1 Å². The number of hydrogen-bond acceptors (Lipinski definition) is 5. The van der Waals surface area contributed by atoms with Gasteiger partial charge in [0.25, 0.3) is 5.91 Å². The molecule has 0 radical (unpaired) electrons. The first-order chi connectivity index (χ1) is 19.0. The number of imidazole rings is 1. The second-order valence-corrected chi connectivity index (χ2v) is 10.3. The number of hydrogen-bond donors (Lipinski definition) is 4. The fraction of sp³-hybridized carbons (Fsp3) is 0.300. The van der Waals surface area contributed by atoms with Gasteiger partial charge in [-0.25, -0.2) is 9.78 Å². The van der Waals surface area contributed by atoms with Crippen LogP contribution >= 0.6 is 0 Å². The SMILES string of the molecule is O=C(N[C@@H](Cc1c[nH]c2ccc(O)cc12)C(=O)O)c1ccc2c(c1)nc(-c1ccoc1)n2C1CCCCCC1. The molecule has 200 valence electrons. The molecule has 1 amide bonds. The van der Waals surface area contributed by atoms with Gasteiger partial charge in [-0.1, -0.05) is 25.7 Å². The lowest BCUT2D eigenvalue weighted by Gasteiger charge is -2.20. The van der Waals surface area contributed by atoms with E-state index in [9.17, 15) is 19.8 Å². The number of nitrogens with zero attached hydrogens (tertiary/aromatic N) is 2. The summed E-state index contributed by atoms with van der Waals surface area (Å²) in [5, 5.41) is 23.1. The van der Waals surface area contributed by atoms with E-state index in [4.69, 9.17) is 9.40 Å². The van der Waals surface area contributed by atoms with E-state index in [2.05, 4.69) is 14.9 Å². The minimum Gasteiger partial charge on any atom is -0.508 e. The summed E-state index contributed by atoms with van der Waals surface area (Å²) >= 11 is 0. The van der Waals surface area contributed by atoms with Crippen LogP contribution in [-0.4, -0.2) is 42.7 Å². The van der Waals surface area contributed by atoms with Crippen molar-refractivity contribution in [2.24, 2.45) is 0 Å². The summed E-state index contributed by atoms with van der Waals surface area (Å²) in [5.74, 6) is -0.723. The zero-order valence-corrected chi connectivity index (χ0v) is 21.4. The van der Waals surface area contributed by atoms with Crippen LogP contribution in [0, 0.1) is 0 Å². The molecule has 1 fully saturated rings. The Morgan fingerprint density at radius 2 is 1.92 bits per heavy atom. The van der Waals surface area contributed by atoms with Crippen molar-refractivity contribution in [2.75, 3.05) is 0 Å². The third-order valence-corrected chi connectivity index (χ3v) is 7.70. The van der Waals surface area contributed by atoms with E-state index >= 15 is 0 Å². The van der Waals surface area contributed by atoms with Crippen LogP contribution in [-0.2, 0) is 11.2 Å². The smallest absolute Gasteiger partial charge is 0.326 e. The molecule has 2 aromatic carbocycles. The van der Waals surface area contributed by atoms with Gasteiger partial charge in [0.1, 0.15) is 23.9 Å². The molecule has 0 bridgehead atoms. The van der Waals surface area contributed by atoms with Gasteiger partial charge in [0.05, 0.1) is 22.9 Å². The van der Waals surface area contributed by atoms with Crippen molar-refractivity contribution in [1.29, 1.82) is 0 Å². The summed E-state index contributed by atoms with van der Waals surface area (Å²) in [4.78, 5) is 33.3. The first kappa shape index (κ1) is 24.8. The number of aliphatic carboxylic acids is 1. The van der Waals surface area contributed by atoms with Crippen LogP contribution in [0.15, 0.2) is 65.6 Å². The quantitative estimate of drug-likeness (QED) is 0.198. The van der Waals surface area contributed by atoms with Crippen LogP contribution in [0.2, 0.25) is 0 Å². The number of amides is 1. The first-order valence-corrected chi connectivity index (χ1v) is 13.3. The molecule has 9 heteroatoms. The average molecular weight is 527 g/mol. The van der Waals surface area contributed by atoms with Crippen LogP contribution in [0.3, 0.4) is 0 Å². The molecule has 3 aromatic heterocycles. The molecule has 5 aromatic rings. The van der Waals surface area contributed by atoms with E-state index in [0.717, 1.165) is 35.3 Å². The highest BCUT2D eigenvalue weighted by Gasteiger charge is 2.25. The number of carbonyl (C=O) groups is 2. The Hall–Kier alpha value is -4.53. The minimum atomic E-state index is -1.15. The first-order valence-electron chi connectivity index (χ1n) is 13.3. The van der Waals surface area contributed by atoms with E-state index in [0.29, 0.717) is 28.1 Å². The number of carbonyl (C=O) groups excluding carboxylic acids is 1. The number of rotatable bonds is 7. The minimum absolute atomic E-state index is 0.0632. The van der Waals surface area contributed by atoms with Gasteiger partial charge < -0.3 is 29.5 Å². The van der Waals surface area contributed by atoms with Crippen LogP contribution in [0.25, 0.3) is 33.3 Å². The molecule has 1 saturated carbocycles. The largest absolute Gasteiger partial charge is 0.508 e. The predicted molar refractivity (Wildman–Crippen MR) is 147 cm³/mol. The normalized spacial score (nSPS) is 15.4. The highest BCUT2D eigenvalue weighted by molar-refractivity contribution is 5.99. The van der Waals surface area contributed by atoms with Gasteiger partial charge >= 0.3 is 5.97 Å². The summed E-state index contributed by atoms with van der Waals surface area (Å²) in [6.07, 6.45) is 12.0. The van der Waals surface area contributed by atoms with E-state index in [1.165, 1.54) is 25.7 Å². The number of furan rings is 1. The topological polar surface area (TPSA) is 133 Å². The third kappa shape index (κ3) is 4.87. The maximum Gasteiger partial charge on any atom is 0.326 e. The maximum atomic E-state index is 13.2. The van der Waals surface area contributed by atoms with Crippen molar-refractivity contribution >= 4 is 33.8 Å². The molecule has 0 spiro atoms. The molecule has 3 heterocycles. The highest BCUT2D eigenvalue weighted by atomic mass is 16.4. The fourth-order valence-electron chi connectivity index (χ4n) is 5.72. The Labute approximate surface area is 224 Å². The standard InChI is InChI=1S/C30H30N4O5/c35-22-8-9-24-23(15-22)20(16-31-24)14-26(30(37)38)33-29(36)18-7-10-27-25(13-18)32-28(19-11-12-39-17-19)34(27)21-5-3-1-2-4-6-21/h7-13,15-17,21,26,31,35H,1-6,14H2,(H,33,36)(H,37,38)/t26-/m0/s1. The molecule has 1 atom stereocenters. The van der Waals surface area contributed by atoms with Gasteiger partial charge in [-0.2, -0.15) is 0 Å². The summed E-state index contributed by atoms with van der Waals surface area (Å²) in [5.41, 5.74) is 4.33. The van der Waals surface area contributed by atoms with E-state index < -0.39 is 17.9 Å². The molecule has 1 aliphatic rings. The number of nitrogens with one attached hydrogen (secondary N) is 2. The van der Waals surface area contributed by atoms with Crippen molar-refractivity contribution in [3.05, 3.63) is 72.3 Å². The van der Waals surface area contributed by atoms with Crippen molar-refractivity contribution < 1.29 is 24.2 Å². The van der Waals surface area contributed by atoms with Crippen molar-refractivity contribution in [1.82, 2.24) is 19.9 Å². The van der Waals surface area contributed by atoms with Gasteiger partial charge in [-0.3, -0.25) is 4.79 Å². The molecular weight excluding hydrogens is 496 g/mol. The van der Waals surface area contributed by atoms with Crippen molar-refractivity contribution in [2.45, 2.75) is 57.0 Å². The monoisotopic (exact) mass is 526 g/mol. The lowest BCUT2D eigenvalue weighted by Crippen LogP contribution is -2.42. The van der Waals surface area contributed by atoms with Crippen LogP contribution in [0.4, 0.5) is 0 Å². The number of fused-ring (bicyclic) bond motifs is 2. The van der Waals surface area contributed by atoms with Gasteiger partial charge in [0.2, 0.25) is 0 Å². The molecule has 39 heavy (non-hydrogen) atoms. The number of aromatic hydroxyl groups is 1. The number of aromatic nitrogens is 3. The Kier molecular flexibility index (Phi) is 6.56. The molecule has 9 nitrogen and oxygen atoms in total. The number of carboxylic acids is 1. The number of carboxylic acid groups (broad SMARTS) is 1. The number of benzene rings is 2. The summed E-state index contributed by atoms with van der Waals surface area (Å²) in [6.45, 7) is 0. The number of H-pyrrole nitrogens is 1. The number of phenolic OH excluding ortho intramolecular Hbond substituents is 1. The molecule has 0 unspecified atom stereocenters. The van der Waals surface area contributed by atoms with Crippen molar-refractivity contribution in [3.63, 3.8) is 0 Å². The van der Waals surface area contributed by atoms with Gasteiger partial charge in [0, 0.05) is 35.1 Å². The van der Waals surface area contributed by atoms with Crippen LogP contribution in [0.1, 0.15) is 60.5 Å². The second kappa shape index (κ2) is 10.3. The molecule has 0 saturated heterocycles. The second-order valence-electron chi connectivity index (χ2n) is 10.3. The predicted octanol–water partition coefficient (Wildman–Crippen LogP) is 5.80. The summed E-state index contributed by atoms with van der Waals surface area (Å²) < 4.78 is 7.62. The molecule has 1 aliphatic carbocycles. The number of aromatic amines is 1. The number of phenols is 1.